The van der Waals surface area contributed by atoms with Crippen molar-refractivity contribution in [2.45, 2.75) is 110 Å². The Bertz CT molecular complexity index is 1180. The molecular formula is C61H120O22. The Morgan fingerprint density at radius 2 is 0.337 bits per heavy atom. The van der Waals surface area contributed by atoms with Gasteiger partial charge in [-0.2, -0.15) is 0 Å². The molecule has 0 heterocycles. The van der Waals surface area contributed by atoms with Crippen LogP contribution in [-0.2, 0) is 104 Å². The van der Waals surface area contributed by atoms with Gasteiger partial charge in [0, 0.05) is 12.7 Å². The summed E-state index contributed by atoms with van der Waals surface area (Å²) in [6, 6.07) is 0. The first-order valence-electron chi connectivity index (χ1n) is 31.6. The number of ether oxygens (including phenoxy) is 21. The van der Waals surface area contributed by atoms with Crippen molar-refractivity contribution in [1.82, 2.24) is 0 Å². The highest BCUT2D eigenvalue weighted by Crippen LogP contribution is 2.14. The predicted molar refractivity (Wildman–Crippen MR) is 317 cm³/mol. The highest BCUT2D eigenvalue weighted by molar-refractivity contribution is 5.81. The van der Waals surface area contributed by atoms with E-state index in [0.29, 0.717) is 258 Å². The van der Waals surface area contributed by atoms with Crippen molar-refractivity contribution >= 4 is 5.97 Å². The number of carbonyl (C=O) groups excluding carboxylic acids is 1. The first-order valence-corrected chi connectivity index (χ1v) is 31.6. The van der Waals surface area contributed by atoms with E-state index < -0.39 is 5.97 Å². The second-order valence-electron chi connectivity index (χ2n) is 18.9. The fourth-order valence-electron chi connectivity index (χ4n) is 7.29. The Labute approximate surface area is 501 Å². The van der Waals surface area contributed by atoms with Gasteiger partial charge in [-0.25, -0.2) is 4.79 Å². The van der Waals surface area contributed by atoms with Gasteiger partial charge in [0.2, 0.25) is 0 Å². The molecule has 0 aliphatic rings. The minimum Gasteiger partial charge on any atom is -0.460 e. The first-order chi connectivity index (χ1) is 41.3. The largest absolute Gasteiger partial charge is 0.460 e. The fraction of sp³-hybridized carbons (Fsp3) is 0.951. The SMILES string of the molecule is C=CC(=O)OCCOCCOCCOCCOCCOCCOCCOCCOCCOCCOCCOCCOCCOCCOCCOCCOCCOCCOCCOCCOCCCCCCCCCCCCCCCCCC. The Morgan fingerprint density at radius 3 is 0.494 bits per heavy atom. The zero-order chi connectivity index (χ0) is 59.4. The zero-order valence-electron chi connectivity index (χ0n) is 52.1. The van der Waals surface area contributed by atoms with Crippen molar-refractivity contribution in [3.05, 3.63) is 12.7 Å². The fourth-order valence-corrected chi connectivity index (χ4v) is 7.29. The molecule has 0 bridgehead atoms. The third-order valence-corrected chi connectivity index (χ3v) is 11.8. The molecule has 0 rings (SSSR count). The van der Waals surface area contributed by atoms with Crippen LogP contribution in [0.5, 0.6) is 0 Å². The van der Waals surface area contributed by atoms with Gasteiger partial charge < -0.3 is 99.5 Å². The maximum atomic E-state index is 10.9. The molecule has 22 heteroatoms. The lowest BCUT2D eigenvalue weighted by Gasteiger charge is -2.09. The molecule has 0 N–H and O–H groups in total. The number of unbranched alkanes of at least 4 members (excludes halogenated alkanes) is 15. The molecule has 496 valence electrons. The monoisotopic (exact) mass is 1200 g/mol. The molecule has 0 aromatic heterocycles. The molecular weight excluding hydrogens is 1080 g/mol. The Hall–Kier alpha value is -1.59. The van der Waals surface area contributed by atoms with Crippen molar-refractivity contribution < 1.29 is 104 Å². The second kappa shape index (κ2) is 78.4. The summed E-state index contributed by atoms with van der Waals surface area (Å²) in [5, 5.41) is 0. The van der Waals surface area contributed by atoms with Gasteiger partial charge >= 0.3 is 5.97 Å². The predicted octanol–water partition coefficient (Wildman–Crippen LogP) is 7.31. The molecule has 0 saturated heterocycles. The van der Waals surface area contributed by atoms with Gasteiger partial charge in [0.15, 0.2) is 0 Å². The maximum absolute atomic E-state index is 10.9. The molecule has 0 amide bonds. The van der Waals surface area contributed by atoms with Crippen LogP contribution < -0.4 is 0 Å². The zero-order valence-corrected chi connectivity index (χ0v) is 52.1. The van der Waals surface area contributed by atoms with E-state index in [-0.39, 0.29) is 6.61 Å². The van der Waals surface area contributed by atoms with Crippen molar-refractivity contribution in [1.29, 1.82) is 0 Å². The van der Waals surface area contributed by atoms with E-state index in [1.54, 1.807) is 0 Å². The Balaban J connectivity index is 3.09. The summed E-state index contributed by atoms with van der Waals surface area (Å²) in [7, 11) is 0. The molecule has 0 unspecified atom stereocenters. The molecule has 0 fully saturated rings. The Morgan fingerprint density at radius 1 is 0.205 bits per heavy atom. The lowest BCUT2D eigenvalue weighted by atomic mass is 10.0. The van der Waals surface area contributed by atoms with Crippen LogP contribution in [0.1, 0.15) is 110 Å². The highest BCUT2D eigenvalue weighted by Gasteiger charge is 2.01. The minimum atomic E-state index is -0.463. The summed E-state index contributed by atoms with van der Waals surface area (Å²) in [5.74, 6) is -0.463. The molecule has 22 nitrogen and oxygen atoms in total. The van der Waals surface area contributed by atoms with Crippen LogP contribution in [0.25, 0.3) is 0 Å². The summed E-state index contributed by atoms with van der Waals surface area (Å²) in [5.41, 5.74) is 0. The summed E-state index contributed by atoms with van der Waals surface area (Å²) in [6.07, 6.45) is 23.2. The molecule has 0 aliphatic heterocycles. The van der Waals surface area contributed by atoms with E-state index in [0.717, 1.165) is 19.1 Å². The standard InChI is InChI=1S/C61H120O22/c1-3-5-6-7-8-9-10-11-12-13-14-15-16-17-18-19-20-63-21-22-64-23-24-65-25-26-66-27-28-67-29-30-68-31-32-69-33-34-70-35-36-71-37-38-72-39-40-73-41-42-74-43-44-75-45-46-76-47-48-77-49-50-78-51-52-79-53-54-80-55-56-81-57-58-82-59-60-83-61(62)4-2/h4H,2-3,5-60H2,1H3. The average molecular weight is 1210 g/mol. The van der Waals surface area contributed by atoms with Gasteiger partial charge in [0.1, 0.15) is 6.61 Å². The number of carbonyl (C=O) groups is 1. The molecule has 0 saturated carbocycles. The molecule has 0 aromatic carbocycles. The smallest absolute Gasteiger partial charge is 0.330 e. The first kappa shape index (κ1) is 81.4. The number of hydrogen-bond donors (Lipinski definition) is 0. The summed E-state index contributed by atoms with van der Waals surface area (Å²) in [6.45, 7) is 25.9. The van der Waals surface area contributed by atoms with Gasteiger partial charge in [-0.3, -0.25) is 0 Å². The molecule has 0 aliphatic carbocycles. The average Bonchev–Trinajstić information content (AvgIpc) is 3.49. The topological polar surface area (TPSA) is 211 Å². The summed E-state index contributed by atoms with van der Waals surface area (Å²) < 4.78 is 115. The summed E-state index contributed by atoms with van der Waals surface area (Å²) in [4.78, 5) is 10.9. The van der Waals surface area contributed by atoms with Crippen LogP contribution in [0.15, 0.2) is 12.7 Å². The summed E-state index contributed by atoms with van der Waals surface area (Å²) >= 11 is 0. The van der Waals surface area contributed by atoms with Gasteiger partial charge in [0.05, 0.1) is 258 Å². The van der Waals surface area contributed by atoms with Crippen molar-refractivity contribution in [3.63, 3.8) is 0 Å². The van der Waals surface area contributed by atoms with Crippen LogP contribution in [0.4, 0.5) is 0 Å². The lowest BCUT2D eigenvalue weighted by molar-refractivity contribution is -0.139. The number of rotatable bonds is 78. The quantitative estimate of drug-likeness (QED) is 0.0332. The van der Waals surface area contributed by atoms with E-state index in [4.69, 9.17) is 99.5 Å². The van der Waals surface area contributed by atoms with E-state index in [9.17, 15) is 4.79 Å². The Kier molecular flexibility index (Phi) is 76.9. The van der Waals surface area contributed by atoms with Crippen LogP contribution in [0, 0.1) is 0 Å². The van der Waals surface area contributed by atoms with Gasteiger partial charge in [-0.15, -0.1) is 0 Å². The molecule has 83 heavy (non-hydrogen) atoms. The van der Waals surface area contributed by atoms with Crippen LogP contribution >= 0.6 is 0 Å². The molecule has 0 radical (unpaired) electrons. The highest BCUT2D eigenvalue weighted by atomic mass is 16.6. The number of esters is 1. The third-order valence-electron chi connectivity index (χ3n) is 11.8. The molecule has 0 aromatic rings. The van der Waals surface area contributed by atoms with E-state index in [1.807, 2.05) is 0 Å². The minimum absolute atomic E-state index is 0.192. The second-order valence-corrected chi connectivity index (χ2v) is 18.9. The molecule has 0 atom stereocenters. The molecule has 0 spiro atoms. The van der Waals surface area contributed by atoms with Crippen LogP contribution in [0.2, 0.25) is 0 Å². The van der Waals surface area contributed by atoms with E-state index in [2.05, 4.69) is 13.5 Å². The van der Waals surface area contributed by atoms with Crippen molar-refractivity contribution in [3.8, 4) is 0 Å². The van der Waals surface area contributed by atoms with E-state index >= 15 is 0 Å². The van der Waals surface area contributed by atoms with Crippen molar-refractivity contribution in [2.24, 2.45) is 0 Å². The van der Waals surface area contributed by atoms with Crippen LogP contribution in [0.3, 0.4) is 0 Å². The van der Waals surface area contributed by atoms with Gasteiger partial charge in [-0.1, -0.05) is 110 Å². The lowest BCUT2D eigenvalue weighted by Crippen LogP contribution is -2.16. The maximum Gasteiger partial charge on any atom is 0.330 e. The third kappa shape index (κ3) is 78.4. The van der Waals surface area contributed by atoms with Gasteiger partial charge in [-0.05, 0) is 6.42 Å². The van der Waals surface area contributed by atoms with Crippen LogP contribution in [-0.4, -0.2) is 277 Å². The van der Waals surface area contributed by atoms with E-state index in [1.165, 1.54) is 96.3 Å². The normalized spacial score (nSPS) is 11.6. The van der Waals surface area contributed by atoms with Crippen molar-refractivity contribution in [2.75, 3.05) is 271 Å². The van der Waals surface area contributed by atoms with Gasteiger partial charge in [0.25, 0.3) is 0 Å². The number of hydrogen-bond acceptors (Lipinski definition) is 22.